The monoisotopic (exact) mass is 338 g/mol. The normalized spacial score (nSPS) is 11.0. The lowest BCUT2D eigenvalue weighted by Crippen LogP contribution is -1.87. The van der Waals surface area contributed by atoms with E-state index in [4.69, 9.17) is 11.6 Å². The lowest BCUT2D eigenvalue weighted by atomic mass is 10.1. The number of hydrogen-bond acceptors (Lipinski definition) is 4. The molecule has 4 nitrogen and oxygen atoms in total. The summed E-state index contributed by atoms with van der Waals surface area (Å²) in [4.78, 5) is 10.0. The number of aromatic nitrogens is 4. The number of hydrogen-bond donors (Lipinski definition) is 1. The number of benzene rings is 2. The Morgan fingerprint density at radius 1 is 0.957 bits per heavy atom. The van der Waals surface area contributed by atoms with Crippen LogP contribution in [0.1, 0.15) is 0 Å². The molecule has 0 bridgehead atoms. The molecule has 2 heterocycles. The fourth-order valence-corrected chi connectivity index (χ4v) is 3.27. The molecule has 23 heavy (non-hydrogen) atoms. The Labute approximate surface area is 141 Å². The molecule has 0 aliphatic carbocycles. The van der Waals surface area contributed by atoms with E-state index < -0.39 is 0 Å². The largest absolute Gasteiger partial charge is 0.275 e. The molecule has 0 aliphatic heterocycles. The molecule has 0 atom stereocenters. The third-order valence-corrected chi connectivity index (χ3v) is 4.60. The summed E-state index contributed by atoms with van der Waals surface area (Å²) in [5.74, 6) is 0. The van der Waals surface area contributed by atoms with E-state index in [1.165, 1.54) is 11.8 Å². The van der Waals surface area contributed by atoms with E-state index in [1.807, 2.05) is 54.6 Å². The molecule has 0 saturated heterocycles. The lowest BCUT2D eigenvalue weighted by molar-refractivity contribution is 0.981. The quantitative estimate of drug-likeness (QED) is 0.544. The molecule has 0 radical (unpaired) electrons. The predicted octanol–water partition coefficient (Wildman–Crippen LogP) is 4.82. The molecule has 4 rings (SSSR count). The molecule has 0 spiro atoms. The van der Waals surface area contributed by atoms with Gasteiger partial charge in [0.05, 0.1) is 11.1 Å². The van der Waals surface area contributed by atoms with Gasteiger partial charge in [-0.05, 0) is 30.0 Å². The first-order chi connectivity index (χ1) is 11.3. The maximum atomic E-state index is 6.26. The maximum absolute atomic E-state index is 6.26. The molecule has 2 aromatic heterocycles. The van der Waals surface area contributed by atoms with Crippen molar-refractivity contribution in [1.29, 1.82) is 0 Å². The van der Waals surface area contributed by atoms with E-state index >= 15 is 0 Å². The van der Waals surface area contributed by atoms with Crippen molar-refractivity contribution in [3.63, 3.8) is 0 Å². The highest BCUT2D eigenvalue weighted by atomic mass is 35.5. The third kappa shape index (κ3) is 2.81. The number of fused-ring (bicyclic) bond motifs is 1. The zero-order valence-electron chi connectivity index (χ0n) is 11.9. The molecule has 0 aliphatic rings. The van der Waals surface area contributed by atoms with Gasteiger partial charge >= 0.3 is 0 Å². The average molecular weight is 339 g/mol. The molecule has 0 saturated carbocycles. The van der Waals surface area contributed by atoms with Crippen molar-refractivity contribution in [1.82, 2.24) is 20.2 Å². The molecule has 4 aromatic rings. The van der Waals surface area contributed by atoms with Gasteiger partial charge in [-0.2, -0.15) is 5.10 Å². The highest BCUT2D eigenvalue weighted by molar-refractivity contribution is 7.99. The first-order valence-corrected chi connectivity index (χ1v) is 8.19. The summed E-state index contributed by atoms with van der Waals surface area (Å²) < 4.78 is 0. The van der Waals surface area contributed by atoms with Gasteiger partial charge in [0.2, 0.25) is 0 Å². The molecule has 112 valence electrons. The fourth-order valence-electron chi connectivity index (χ4n) is 2.30. The van der Waals surface area contributed by atoms with Gasteiger partial charge in [-0.1, -0.05) is 48.0 Å². The number of H-pyrrole nitrogens is 1. The second-order valence-corrected chi connectivity index (χ2v) is 6.33. The summed E-state index contributed by atoms with van der Waals surface area (Å²) in [7, 11) is 0. The van der Waals surface area contributed by atoms with E-state index in [0.717, 1.165) is 21.5 Å². The van der Waals surface area contributed by atoms with Crippen LogP contribution >= 0.6 is 23.4 Å². The van der Waals surface area contributed by atoms with Crippen molar-refractivity contribution >= 4 is 34.4 Å². The first kappa shape index (κ1) is 14.2. The maximum Gasteiger partial charge on any atom is 0.194 e. The summed E-state index contributed by atoms with van der Waals surface area (Å²) in [6.45, 7) is 0. The molecule has 1 N–H and O–H groups in total. The summed E-state index contributed by atoms with van der Waals surface area (Å²) >= 11 is 7.77. The van der Waals surface area contributed by atoms with Crippen molar-refractivity contribution in [2.45, 2.75) is 10.1 Å². The van der Waals surface area contributed by atoms with Crippen molar-refractivity contribution in [3.8, 4) is 11.3 Å². The molecular weight excluding hydrogens is 328 g/mol. The van der Waals surface area contributed by atoms with E-state index in [1.54, 1.807) is 6.20 Å². The van der Waals surface area contributed by atoms with Gasteiger partial charge in [-0.15, -0.1) is 0 Å². The topological polar surface area (TPSA) is 54.5 Å². The Morgan fingerprint density at radius 2 is 1.74 bits per heavy atom. The average Bonchev–Trinajstić information content (AvgIpc) is 2.99. The van der Waals surface area contributed by atoms with E-state index in [-0.39, 0.29) is 0 Å². The van der Waals surface area contributed by atoms with E-state index in [9.17, 15) is 0 Å². The lowest BCUT2D eigenvalue weighted by Gasteiger charge is -2.02. The Bertz CT molecular complexity index is 969. The van der Waals surface area contributed by atoms with Gasteiger partial charge in [0.25, 0.3) is 0 Å². The van der Waals surface area contributed by atoms with Crippen molar-refractivity contribution in [2.75, 3.05) is 0 Å². The van der Waals surface area contributed by atoms with Crippen LogP contribution in [0.4, 0.5) is 0 Å². The highest BCUT2D eigenvalue weighted by Crippen LogP contribution is 2.32. The van der Waals surface area contributed by atoms with Crippen molar-refractivity contribution < 1.29 is 0 Å². The van der Waals surface area contributed by atoms with E-state index in [2.05, 4.69) is 20.2 Å². The standard InChI is InChI=1S/C17H11ClN4S/c18-14-9-5-4-8-12(14)15-13-10-19-17(20-16(13)22-21-15)23-11-6-2-1-3-7-11/h1-10H,(H,19,20,21,22). The zero-order valence-corrected chi connectivity index (χ0v) is 13.5. The Kier molecular flexibility index (Phi) is 3.73. The second kappa shape index (κ2) is 6.02. The van der Waals surface area contributed by atoms with Gasteiger partial charge in [-0.25, -0.2) is 9.97 Å². The molecule has 2 aromatic carbocycles. The number of nitrogens with one attached hydrogen (secondary N) is 1. The van der Waals surface area contributed by atoms with Crippen LogP contribution in [0, 0.1) is 0 Å². The number of rotatable bonds is 3. The molecular formula is C17H11ClN4S. The number of nitrogens with zero attached hydrogens (tertiary/aromatic N) is 3. The minimum Gasteiger partial charge on any atom is -0.275 e. The Balaban J connectivity index is 1.73. The van der Waals surface area contributed by atoms with Crippen molar-refractivity contribution in [2.24, 2.45) is 0 Å². The molecule has 6 heteroatoms. The molecule has 0 unspecified atom stereocenters. The van der Waals surface area contributed by atoms with Gasteiger partial charge < -0.3 is 0 Å². The summed E-state index contributed by atoms with van der Waals surface area (Å²) in [6.07, 6.45) is 1.79. The number of aromatic amines is 1. The second-order valence-electron chi connectivity index (χ2n) is 4.88. The van der Waals surface area contributed by atoms with Gasteiger partial charge in [-0.3, -0.25) is 5.10 Å². The van der Waals surface area contributed by atoms with Crippen LogP contribution in [0.3, 0.4) is 0 Å². The summed E-state index contributed by atoms with van der Waals surface area (Å²) in [5, 5.41) is 9.50. The Hall–Kier alpha value is -2.37. The third-order valence-electron chi connectivity index (χ3n) is 3.39. The van der Waals surface area contributed by atoms with Crippen molar-refractivity contribution in [3.05, 3.63) is 65.8 Å². The summed E-state index contributed by atoms with van der Waals surface area (Å²) in [5.41, 5.74) is 2.36. The van der Waals surface area contributed by atoms with Crippen LogP contribution in [-0.4, -0.2) is 20.2 Å². The van der Waals surface area contributed by atoms with Crippen LogP contribution in [0.5, 0.6) is 0 Å². The zero-order chi connectivity index (χ0) is 15.6. The number of halogens is 1. The predicted molar refractivity (Wildman–Crippen MR) is 92.7 cm³/mol. The molecule has 0 amide bonds. The van der Waals surface area contributed by atoms with Crippen LogP contribution in [0.25, 0.3) is 22.3 Å². The minimum atomic E-state index is 0.633. The Morgan fingerprint density at radius 3 is 2.57 bits per heavy atom. The fraction of sp³-hybridized carbons (Fsp3) is 0. The first-order valence-electron chi connectivity index (χ1n) is 7.00. The van der Waals surface area contributed by atoms with Crippen LogP contribution in [0.15, 0.2) is 70.8 Å². The molecule has 0 fully saturated rings. The SMILES string of the molecule is Clc1ccccc1-c1[nH]nc2nc(Sc3ccccc3)ncc12. The van der Waals surface area contributed by atoms with E-state index in [0.29, 0.717) is 15.8 Å². The van der Waals surface area contributed by atoms with Gasteiger partial charge in [0, 0.05) is 21.7 Å². The van der Waals surface area contributed by atoms with Gasteiger partial charge in [0.15, 0.2) is 10.8 Å². The van der Waals surface area contributed by atoms with Crippen LogP contribution < -0.4 is 0 Å². The smallest absolute Gasteiger partial charge is 0.194 e. The minimum absolute atomic E-state index is 0.633. The van der Waals surface area contributed by atoms with Crippen LogP contribution in [-0.2, 0) is 0 Å². The highest BCUT2D eigenvalue weighted by Gasteiger charge is 2.13. The van der Waals surface area contributed by atoms with Crippen LogP contribution in [0.2, 0.25) is 5.02 Å². The van der Waals surface area contributed by atoms with Gasteiger partial charge in [0.1, 0.15) is 0 Å². The summed E-state index contributed by atoms with van der Waals surface area (Å²) in [6, 6.07) is 17.7.